The summed E-state index contributed by atoms with van der Waals surface area (Å²) in [6, 6.07) is 9.20. The van der Waals surface area contributed by atoms with Crippen LogP contribution in [0, 0.1) is 5.82 Å². The molecule has 1 atom stereocenters. The third kappa shape index (κ3) is 4.38. The standard InChI is InChI=1S/C14H14Br2FNS/c1-9(12-8-10(15)2-4-13(12)17)18-7-6-11-3-5-14(16)19-11/h2-5,8-9,18H,6-7H2,1H3. The fourth-order valence-electron chi connectivity index (χ4n) is 1.85. The largest absolute Gasteiger partial charge is 0.310 e. The molecule has 1 nitrogen and oxygen atoms in total. The molecule has 0 fully saturated rings. The molecule has 0 radical (unpaired) electrons. The second-order valence-corrected chi connectivity index (χ2v) is 7.76. The topological polar surface area (TPSA) is 12.0 Å². The number of hydrogen-bond acceptors (Lipinski definition) is 2. The van der Waals surface area contributed by atoms with E-state index in [1.807, 2.05) is 13.0 Å². The van der Waals surface area contributed by atoms with Crippen LogP contribution < -0.4 is 5.32 Å². The Bertz CT molecular complexity index is 556. The number of halogens is 3. The van der Waals surface area contributed by atoms with Gasteiger partial charge in [0.2, 0.25) is 0 Å². The van der Waals surface area contributed by atoms with Crippen LogP contribution >= 0.6 is 43.2 Å². The number of nitrogens with one attached hydrogen (secondary N) is 1. The number of hydrogen-bond donors (Lipinski definition) is 1. The molecule has 1 heterocycles. The Morgan fingerprint density at radius 3 is 2.74 bits per heavy atom. The summed E-state index contributed by atoms with van der Waals surface area (Å²) in [4.78, 5) is 1.32. The summed E-state index contributed by atoms with van der Waals surface area (Å²) in [5.74, 6) is -0.165. The molecule has 0 saturated carbocycles. The van der Waals surface area contributed by atoms with Crippen LogP contribution in [0.5, 0.6) is 0 Å². The first-order chi connectivity index (χ1) is 9.06. The van der Waals surface area contributed by atoms with Crippen molar-refractivity contribution >= 4 is 43.2 Å². The van der Waals surface area contributed by atoms with Gasteiger partial charge in [0.1, 0.15) is 5.82 Å². The Morgan fingerprint density at radius 1 is 1.26 bits per heavy atom. The Balaban J connectivity index is 1.90. The maximum absolute atomic E-state index is 13.7. The van der Waals surface area contributed by atoms with E-state index in [2.05, 4.69) is 49.3 Å². The first-order valence-electron chi connectivity index (χ1n) is 5.99. The van der Waals surface area contributed by atoms with Crippen molar-refractivity contribution in [2.24, 2.45) is 0 Å². The third-order valence-corrected chi connectivity index (χ3v) is 5.05. The molecule has 5 heteroatoms. The van der Waals surface area contributed by atoms with E-state index >= 15 is 0 Å². The van der Waals surface area contributed by atoms with Crippen molar-refractivity contribution in [2.45, 2.75) is 19.4 Å². The van der Waals surface area contributed by atoms with Gasteiger partial charge >= 0.3 is 0 Å². The molecule has 0 spiro atoms. The summed E-state index contributed by atoms with van der Waals surface area (Å²) in [6.07, 6.45) is 0.955. The van der Waals surface area contributed by atoms with Gasteiger partial charge in [-0.05, 0) is 59.6 Å². The van der Waals surface area contributed by atoms with Crippen LogP contribution in [0.25, 0.3) is 0 Å². The van der Waals surface area contributed by atoms with Gasteiger partial charge in [-0.3, -0.25) is 0 Å². The van der Waals surface area contributed by atoms with Crippen LogP contribution in [0.1, 0.15) is 23.4 Å². The molecule has 2 rings (SSSR count). The lowest BCUT2D eigenvalue weighted by Crippen LogP contribution is -2.22. The van der Waals surface area contributed by atoms with Crippen LogP contribution in [0.4, 0.5) is 4.39 Å². The van der Waals surface area contributed by atoms with Gasteiger partial charge in [0.25, 0.3) is 0 Å². The van der Waals surface area contributed by atoms with E-state index in [-0.39, 0.29) is 11.9 Å². The van der Waals surface area contributed by atoms with Crippen molar-refractivity contribution in [1.29, 1.82) is 0 Å². The van der Waals surface area contributed by atoms with Crippen molar-refractivity contribution < 1.29 is 4.39 Å². The smallest absolute Gasteiger partial charge is 0.128 e. The lowest BCUT2D eigenvalue weighted by Gasteiger charge is -2.15. The van der Waals surface area contributed by atoms with E-state index in [0.717, 1.165) is 21.2 Å². The quantitative estimate of drug-likeness (QED) is 0.709. The summed E-state index contributed by atoms with van der Waals surface area (Å²) < 4.78 is 15.8. The monoisotopic (exact) mass is 405 g/mol. The predicted octanol–water partition coefficient (Wildman–Crippen LogP) is 5.31. The molecule has 0 saturated heterocycles. The lowest BCUT2D eigenvalue weighted by molar-refractivity contribution is 0.531. The highest BCUT2D eigenvalue weighted by Gasteiger charge is 2.10. The molecule has 0 aliphatic carbocycles. The number of rotatable bonds is 5. The van der Waals surface area contributed by atoms with Crippen LogP contribution in [-0.4, -0.2) is 6.54 Å². The SMILES string of the molecule is CC(NCCc1ccc(Br)s1)c1cc(Br)ccc1F. The van der Waals surface area contributed by atoms with E-state index in [0.29, 0.717) is 5.56 Å². The Kier molecular flexibility index (Phi) is 5.57. The molecule has 19 heavy (non-hydrogen) atoms. The van der Waals surface area contributed by atoms with E-state index in [4.69, 9.17) is 0 Å². The molecule has 1 unspecified atom stereocenters. The molecule has 0 bridgehead atoms. The van der Waals surface area contributed by atoms with Gasteiger partial charge in [-0.15, -0.1) is 11.3 Å². The van der Waals surface area contributed by atoms with Gasteiger partial charge in [-0.2, -0.15) is 0 Å². The molecule has 102 valence electrons. The molecular weight excluding hydrogens is 393 g/mol. The summed E-state index contributed by atoms with van der Waals surface area (Å²) in [5.41, 5.74) is 0.696. The first-order valence-corrected chi connectivity index (χ1v) is 8.39. The zero-order chi connectivity index (χ0) is 13.8. The Hall–Kier alpha value is -0.230. The van der Waals surface area contributed by atoms with E-state index in [9.17, 15) is 4.39 Å². The molecule has 0 aliphatic rings. The highest BCUT2D eigenvalue weighted by Crippen LogP contribution is 2.23. The zero-order valence-electron chi connectivity index (χ0n) is 10.4. The Labute approximate surface area is 133 Å². The summed E-state index contributed by atoms with van der Waals surface area (Å²) >= 11 is 8.56. The maximum atomic E-state index is 13.7. The van der Waals surface area contributed by atoms with E-state index < -0.39 is 0 Å². The van der Waals surface area contributed by atoms with Crippen molar-refractivity contribution in [3.8, 4) is 0 Å². The van der Waals surface area contributed by atoms with Gasteiger partial charge in [0.05, 0.1) is 3.79 Å². The molecule has 1 aromatic carbocycles. The first kappa shape index (κ1) is 15.2. The minimum absolute atomic E-state index is 0.000836. The van der Waals surface area contributed by atoms with Crippen molar-refractivity contribution in [3.05, 3.63) is 54.8 Å². The van der Waals surface area contributed by atoms with Gasteiger partial charge < -0.3 is 5.32 Å². The third-order valence-electron chi connectivity index (χ3n) is 2.88. The van der Waals surface area contributed by atoms with Crippen molar-refractivity contribution in [2.75, 3.05) is 6.54 Å². The normalized spacial score (nSPS) is 12.6. The number of benzene rings is 1. The van der Waals surface area contributed by atoms with Gasteiger partial charge in [-0.25, -0.2) is 4.39 Å². The minimum atomic E-state index is -0.165. The van der Waals surface area contributed by atoms with Gasteiger partial charge in [-0.1, -0.05) is 15.9 Å². The second-order valence-electron chi connectivity index (χ2n) is 4.30. The molecule has 1 aromatic heterocycles. The molecule has 2 aromatic rings. The minimum Gasteiger partial charge on any atom is -0.310 e. The predicted molar refractivity (Wildman–Crippen MR) is 86.2 cm³/mol. The summed E-state index contributed by atoms with van der Waals surface area (Å²) in [7, 11) is 0. The highest BCUT2D eigenvalue weighted by atomic mass is 79.9. The van der Waals surface area contributed by atoms with E-state index in [1.165, 1.54) is 10.9 Å². The average molecular weight is 407 g/mol. The van der Waals surface area contributed by atoms with Crippen LogP contribution in [0.15, 0.2) is 38.6 Å². The highest BCUT2D eigenvalue weighted by molar-refractivity contribution is 9.11. The van der Waals surface area contributed by atoms with Gasteiger partial charge in [0, 0.05) is 27.5 Å². The molecular formula is C14H14Br2FNS. The van der Waals surface area contributed by atoms with Crippen molar-refractivity contribution in [1.82, 2.24) is 5.32 Å². The van der Waals surface area contributed by atoms with Crippen molar-refractivity contribution in [3.63, 3.8) is 0 Å². The average Bonchev–Trinajstić information content (AvgIpc) is 2.78. The van der Waals surface area contributed by atoms with Crippen LogP contribution in [-0.2, 0) is 6.42 Å². The fraction of sp³-hybridized carbons (Fsp3) is 0.286. The molecule has 0 aliphatic heterocycles. The summed E-state index contributed by atoms with van der Waals surface area (Å²) in [5, 5.41) is 3.36. The zero-order valence-corrected chi connectivity index (χ0v) is 14.4. The number of thiophene rings is 1. The lowest BCUT2D eigenvalue weighted by atomic mass is 10.1. The van der Waals surface area contributed by atoms with Crippen LogP contribution in [0.2, 0.25) is 0 Å². The van der Waals surface area contributed by atoms with Crippen LogP contribution in [0.3, 0.4) is 0 Å². The maximum Gasteiger partial charge on any atom is 0.128 e. The van der Waals surface area contributed by atoms with Gasteiger partial charge in [0.15, 0.2) is 0 Å². The fourth-order valence-corrected chi connectivity index (χ4v) is 3.72. The Morgan fingerprint density at radius 2 is 2.05 bits per heavy atom. The second kappa shape index (κ2) is 6.97. The van der Waals surface area contributed by atoms with E-state index in [1.54, 1.807) is 17.4 Å². The molecule has 0 amide bonds. The summed E-state index contributed by atoms with van der Waals surface area (Å²) in [6.45, 7) is 2.81. The molecule has 1 N–H and O–H groups in total.